The van der Waals surface area contributed by atoms with Crippen LogP contribution in [-0.4, -0.2) is 65.2 Å². The summed E-state index contributed by atoms with van der Waals surface area (Å²) in [5.41, 5.74) is -1.11. The predicted octanol–water partition coefficient (Wildman–Crippen LogP) is 2.47. The summed E-state index contributed by atoms with van der Waals surface area (Å²) in [6, 6.07) is 8.98. The SMILES string of the molecule is C[C@@]12C=C[C@]3(O1)[C@H](C(=O)N(C[C@@H]1CCCO1)[C@@H]3C(=O)NCc1ccccc1)[C@@H]2C(=O)NC1CCCCC1. The van der Waals surface area contributed by atoms with Gasteiger partial charge in [0.25, 0.3) is 0 Å². The Hall–Kier alpha value is -2.71. The van der Waals surface area contributed by atoms with Crippen molar-refractivity contribution in [1.29, 1.82) is 0 Å². The first-order chi connectivity index (χ1) is 17.9. The van der Waals surface area contributed by atoms with Crippen molar-refractivity contribution in [2.24, 2.45) is 11.8 Å². The van der Waals surface area contributed by atoms with Crippen molar-refractivity contribution in [3.63, 3.8) is 0 Å². The Kier molecular flexibility index (Phi) is 6.35. The minimum Gasteiger partial charge on any atom is -0.376 e. The van der Waals surface area contributed by atoms with Gasteiger partial charge in [-0.2, -0.15) is 0 Å². The van der Waals surface area contributed by atoms with Crippen molar-refractivity contribution in [2.45, 2.75) is 87.8 Å². The van der Waals surface area contributed by atoms with E-state index >= 15 is 0 Å². The number of likely N-dealkylation sites (tertiary alicyclic amines) is 1. The van der Waals surface area contributed by atoms with Crippen LogP contribution in [-0.2, 0) is 30.4 Å². The molecule has 1 aliphatic carbocycles. The number of hydrogen-bond acceptors (Lipinski definition) is 5. The summed E-state index contributed by atoms with van der Waals surface area (Å²) in [6.45, 7) is 3.21. The van der Waals surface area contributed by atoms with Gasteiger partial charge in [0.05, 0.1) is 23.5 Å². The lowest BCUT2D eigenvalue weighted by atomic mass is 9.70. The molecule has 4 heterocycles. The van der Waals surface area contributed by atoms with E-state index < -0.39 is 29.1 Å². The fourth-order valence-electron chi connectivity index (χ4n) is 7.25. The number of fused-ring (bicyclic) bond motifs is 1. The molecular formula is C29H37N3O5. The molecule has 4 fully saturated rings. The highest BCUT2D eigenvalue weighted by molar-refractivity contribution is 6.00. The van der Waals surface area contributed by atoms with Crippen LogP contribution in [0.3, 0.4) is 0 Å². The zero-order valence-corrected chi connectivity index (χ0v) is 21.5. The second-order valence-electron chi connectivity index (χ2n) is 11.5. The third-order valence-electron chi connectivity index (χ3n) is 9.01. The van der Waals surface area contributed by atoms with E-state index in [1.165, 1.54) is 6.42 Å². The van der Waals surface area contributed by atoms with Crippen molar-refractivity contribution in [3.8, 4) is 0 Å². The zero-order chi connectivity index (χ0) is 25.6. The van der Waals surface area contributed by atoms with Crippen molar-refractivity contribution in [3.05, 3.63) is 48.0 Å². The second kappa shape index (κ2) is 9.55. The molecule has 1 aromatic carbocycles. The van der Waals surface area contributed by atoms with Gasteiger partial charge < -0.3 is 25.0 Å². The molecule has 1 saturated carbocycles. The van der Waals surface area contributed by atoms with Gasteiger partial charge in [0.15, 0.2) is 0 Å². The van der Waals surface area contributed by atoms with E-state index in [0.29, 0.717) is 19.7 Å². The normalized spacial score (nSPS) is 36.7. The van der Waals surface area contributed by atoms with E-state index in [4.69, 9.17) is 9.47 Å². The molecule has 5 aliphatic rings. The van der Waals surface area contributed by atoms with E-state index in [1.54, 1.807) is 4.90 Å². The van der Waals surface area contributed by atoms with Crippen LogP contribution in [0.1, 0.15) is 57.4 Å². The zero-order valence-electron chi connectivity index (χ0n) is 21.5. The summed E-state index contributed by atoms with van der Waals surface area (Å²) >= 11 is 0. The predicted molar refractivity (Wildman–Crippen MR) is 136 cm³/mol. The molecule has 4 aliphatic heterocycles. The lowest BCUT2D eigenvalue weighted by molar-refractivity contribution is -0.146. The van der Waals surface area contributed by atoms with Crippen LogP contribution in [0.5, 0.6) is 0 Å². The Morgan fingerprint density at radius 3 is 2.54 bits per heavy atom. The summed E-state index contributed by atoms with van der Waals surface area (Å²) in [4.78, 5) is 43.3. The van der Waals surface area contributed by atoms with E-state index in [2.05, 4.69) is 10.6 Å². The Labute approximate surface area is 218 Å². The number of carbonyl (C=O) groups excluding carboxylic acids is 3. The van der Waals surface area contributed by atoms with Crippen LogP contribution in [0, 0.1) is 11.8 Å². The molecule has 8 nitrogen and oxygen atoms in total. The average molecular weight is 508 g/mol. The maximum Gasteiger partial charge on any atom is 0.246 e. The van der Waals surface area contributed by atoms with Crippen LogP contribution < -0.4 is 10.6 Å². The summed E-state index contributed by atoms with van der Waals surface area (Å²) in [5.74, 6) is -2.00. The quantitative estimate of drug-likeness (QED) is 0.553. The van der Waals surface area contributed by atoms with E-state index in [9.17, 15) is 14.4 Å². The van der Waals surface area contributed by atoms with E-state index in [1.807, 2.05) is 49.4 Å². The number of hydrogen-bond donors (Lipinski definition) is 2. The van der Waals surface area contributed by atoms with Gasteiger partial charge in [0, 0.05) is 25.7 Å². The molecule has 37 heavy (non-hydrogen) atoms. The lowest BCUT2D eigenvalue weighted by Crippen LogP contribution is -2.55. The largest absolute Gasteiger partial charge is 0.376 e. The number of benzene rings is 1. The molecule has 3 amide bonds. The maximum absolute atomic E-state index is 14.1. The minimum absolute atomic E-state index is 0.116. The Morgan fingerprint density at radius 1 is 1.03 bits per heavy atom. The van der Waals surface area contributed by atoms with Crippen molar-refractivity contribution < 1.29 is 23.9 Å². The average Bonchev–Trinajstić information content (AvgIpc) is 3.64. The number of rotatable bonds is 7. The highest BCUT2D eigenvalue weighted by Gasteiger charge is 2.76. The second-order valence-corrected chi connectivity index (χ2v) is 11.5. The molecule has 0 radical (unpaired) electrons. The number of carbonyl (C=O) groups is 3. The monoisotopic (exact) mass is 507 g/mol. The molecule has 3 saturated heterocycles. The summed E-state index contributed by atoms with van der Waals surface area (Å²) in [7, 11) is 0. The van der Waals surface area contributed by atoms with Gasteiger partial charge in [-0.05, 0) is 38.2 Å². The van der Waals surface area contributed by atoms with Gasteiger partial charge in [-0.25, -0.2) is 0 Å². The number of amides is 3. The van der Waals surface area contributed by atoms with Crippen molar-refractivity contribution >= 4 is 17.7 Å². The van der Waals surface area contributed by atoms with Gasteiger partial charge in [-0.1, -0.05) is 61.7 Å². The molecule has 6 rings (SSSR count). The van der Waals surface area contributed by atoms with Crippen LogP contribution in [0.2, 0.25) is 0 Å². The summed E-state index contributed by atoms with van der Waals surface area (Å²) in [6.07, 6.45) is 10.8. The van der Waals surface area contributed by atoms with Crippen LogP contribution >= 0.6 is 0 Å². The minimum atomic E-state index is -1.17. The molecule has 1 spiro atoms. The fourth-order valence-corrected chi connectivity index (χ4v) is 7.25. The molecule has 8 heteroatoms. The Morgan fingerprint density at radius 2 is 1.81 bits per heavy atom. The maximum atomic E-state index is 14.1. The number of nitrogens with zero attached hydrogens (tertiary/aromatic N) is 1. The molecule has 2 N–H and O–H groups in total. The first-order valence-corrected chi connectivity index (χ1v) is 13.9. The van der Waals surface area contributed by atoms with Crippen molar-refractivity contribution in [1.82, 2.24) is 15.5 Å². The van der Waals surface area contributed by atoms with Crippen LogP contribution in [0.4, 0.5) is 0 Å². The first-order valence-electron chi connectivity index (χ1n) is 13.9. The summed E-state index contributed by atoms with van der Waals surface area (Å²) < 4.78 is 12.5. The molecular weight excluding hydrogens is 470 g/mol. The topological polar surface area (TPSA) is 97.0 Å². The molecule has 1 aromatic rings. The van der Waals surface area contributed by atoms with E-state index in [0.717, 1.165) is 44.1 Å². The third-order valence-corrected chi connectivity index (χ3v) is 9.01. The standard InChI is InChI=1S/C29H37N3O5/c1-28-14-15-29(37-28)23(22(28)25(33)31-20-11-6-3-7-12-20)27(35)32(18-21-13-8-16-36-21)24(29)26(34)30-17-19-9-4-2-5-10-19/h2,4-5,9-10,14-15,20-24H,3,6-8,11-13,16-18H2,1H3,(H,30,34)(H,31,33)/t21-,22+,23-,24+,28-,29-/m0/s1. The van der Waals surface area contributed by atoms with Crippen LogP contribution in [0.15, 0.2) is 42.5 Å². The molecule has 0 unspecified atom stereocenters. The smallest absolute Gasteiger partial charge is 0.246 e. The van der Waals surface area contributed by atoms with Gasteiger partial charge in [0.1, 0.15) is 11.6 Å². The first kappa shape index (κ1) is 24.6. The summed E-state index contributed by atoms with van der Waals surface area (Å²) in [5, 5.41) is 6.27. The molecule has 0 aromatic heterocycles. The Bertz CT molecular complexity index is 1080. The number of nitrogens with one attached hydrogen (secondary N) is 2. The van der Waals surface area contributed by atoms with Gasteiger partial charge in [0.2, 0.25) is 17.7 Å². The number of ether oxygens (including phenoxy) is 2. The van der Waals surface area contributed by atoms with Gasteiger partial charge >= 0.3 is 0 Å². The molecule has 6 atom stereocenters. The van der Waals surface area contributed by atoms with Gasteiger partial charge in [-0.15, -0.1) is 0 Å². The van der Waals surface area contributed by atoms with Crippen molar-refractivity contribution in [2.75, 3.05) is 13.2 Å². The third kappa shape index (κ3) is 4.18. The lowest BCUT2D eigenvalue weighted by Gasteiger charge is -2.34. The molecule has 198 valence electrons. The van der Waals surface area contributed by atoms with E-state index in [-0.39, 0.29) is 29.9 Å². The Balaban J connectivity index is 1.29. The fraction of sp³-hybridized carbons (Fsp3) is 0.621. The van der Waals surface area contributed by atoms with Crippen LogP contribution in [0.25, 0.3) is 0 Å². The van der Waals surface area contributed by atoms with Gasteiger partial charge in [-0.3, -0.25) is 14.4 Å². The highest BCUT2D eigenvalue weighted by Crippen LogP contribution is 2.59. The highest BCUT2D eigenvalue weighted by atomic mass is 16.5. The molecule has 2 bridgehead atoms.